The van der Waals surface area contributed by atoms with Crippen LogP contribution in [0.3, 0.4) is 0 Å². The number of ketones is 1. The topological polar surface area (TPSA) is 115 Å². The van der Waals surface area contributed by atoms with Gasteiger partial charge in [0, 0.05) is 11.7 Å². The Kier molecular flexibility index (Phi) is 7.61. The van der Waals surface area contributed by atoms with Crippen molar-refractivity contribution < 1.29 is 14.4 Å². The number of rotatable bonds is 8. The van der Waals surface area contributed by atoms with Crippen LogP contribution in [0, 0.1) is 5.92 Å². The Morgan fingerprint density at radius 1 is 1.33 bits per heavy atom. The molecule has 104 valence electrons. The molecule has 0 radical (unpaired) electrons. The van der Waals surface area contributed by atoms with E-state index < -0.39 is 23.9 Å². The van der Waals surface area contributed by atoms with E-state index in [1.165, 1.54) is 0 Å². The standard InChI is InChI=1S/C11H21N3O3S/c1-3-6(2)10(16)8(5-18)14-11(17)7(12)4-9(13)15/h6-8,18H,3-5,12H2,1-2H3,(H2,13,15)(H,14,17). The van der Waals surface area contributed by atoms with E-state index in [-0.39, 0.29) is 23.9 Å². The van der Waals surface area contributed by atoms with Gasteiger partial charge in [-0.2, -0.15) is 12.6 Å². The van der Waals surface area contributed by atoms with Gasteiger partial charge in [-0.25, -0.2) is 0 Å². The third kappa shape index (κ3) is 5.50. The van der Waals surface area contributed by atoms with Gasteiger partial charge in [-0.15, -0.1) is 0 Å². The molecule has 0 spiro atoms. The zero-order valence-corrected chi connectivity index (χ0v) is 11.6. The van der Waals surface area contributed by atoms with Crippen molar-refractivity contribution in [3.63, 3.8) is 0 Å². The minimum absolute atomic E-state index is 0.0906. The van der Waals surface area contributed by atoms with Crippen LogP contribution < -0.4 is 16.8 Å². The van der Waals surface area contributed by atoms with E-state index in [1.807, 2.05) is 6.92 Å². The van der Waals surface area contributed by atoms with E-state index >= 15 is 0 Å². The van der Waals surface area contributed by atoms with Crippen LogP contribution in [0.4, 0.5) is 0 Å². The molecule has 0 heterocycles. The molecule has 0 rings (SSSR count). The van der Waals surface area contributed by atoms with Gasteiger partial charge >= 0.3 is 0 Å². The van der Waals surface area contributed by atoms with Crippen molar-refractivity contribution in [2.75, 3.05) is 5.75 Å². The van der Waals surface area contributed by atoms with Crippen molar-refractivity contribution in [3.05, 3.63) is 0 Å². The van der Waals surface area contributed by atoms with Crippen LogP contribution in [0.1, 0.15) is 26.7 Å². The highest BCUT2D eigenvalue weighted by Gasteiger charge is 2.25. The molecule has 3 atom stereocenters. The molecule has 2 amide bonds. The smallest absolute Gasteiger partial charge is 0.238 e. The van der Waals surface area contributed by atoms with E-state index in [4.69, 9.17) is 11.5 Å². The maximum atomic E-state index is 11.9. The predicted octanol–water partition coefficient (Wildman–Crippen LogP) is -0.781. The highest BCUT2D eigenvalue weighted by atomic mass is 32.1. The van der Waals surface area contributed by atoms with E-state index in [1.54, 1.807) is 6.92 Å². The Labute approximate surface area is 112 Å². The fraction of sp³-hybridized carbons (Fsp3) is 0.727. The molecule has 0 aliphatic rings. The van der Waals surface area contributed by atoms with Crippen molar-refractivity contribution in [2.45, 2.75) is 38.8 Å². The molecule has 0 aromatic carbocycles. The Morgan fingerprint density at radius 3 is 2.28 bits per heavy atom. The molecule has 0 aliphatic heterocycles. The maximum Gasteiger partial charge on any atom is 0.238 e. The van der Waals surface area contributed by atoms with E-state index in [2.05, 4.69) is 17.9 Å². The lowest BCUT2D eigenvalue weighted by Crippen LogP contribution is -2.51. The number of amides is 2. The molecule has 0 aromatic heterocycles. The van der Waals surface area contributed by atoms with Crippen LogP contribution in [-0.2, 0) is 14.4 Å². The molecule has 18 heavy (non-hydrogen) atoms. The van der Waals surface area contributed by atoms with Gasteiger partial charge in [-0.05, 0) is 6.42 Å². The molecular weight excluding hydrogens is 254 g/mol. The first-order chi connectivity index (χ1) is 8.33. The summed E-state index contributed by atoms with van der Waals surface area (Å²) >= 11 is 4.03. The number of nitrogens with one attached hydrogen (secondary N) is 1. The van der Waals surface area contributed by atoms with Crippen molar-refractivity contribution in [2.24, 2.45) is 17.4 Å². The molecule has 0 bridgehead atoms. The van der Waals surface area contributed by atoms with Gasteiger partial charge < -0.3 is 16.8 Å². The number of nitrogens with two attached hydrogens (primary N) is 2. The van der Waals surface area contributed by atoms with E-state index in [0.717, 1.165) is 0 Å². The second-order valence-electron chi connectivity index (χ2n) is 4.23. The molecule has 0 aliphatic carbocycles. The molecule has 7 heteroatoms. The highest BCUT2D eigenvalue weighted by Crippen LogP contribution is 2.07. The first-order valence-corrected chi connectivity index (χ1v) is 6.45. The minimum atomic E-state index is -1.03. The number of Topliss-reactive ketones (excluding diaryl/α,β-unsaturated/α-hetero) is 1. The van der Waals surface area contributed by atoms with Crippen molar-refractivity contribution in [3.8, 4) is 0 Å². The Balaban J connectivity index is 4.49. The fourth-order valence-electron chi connectivity index (χ4n) is 1.34. The predicted molar refractivity (Wildman–Crippen MR) is 72.0 cm³/mol. The van der Waals surface area contributed by atoms with Gasteiger partial charge in [0.05, 0.1) is 18.5 Å². The second kappa shape index (κ2) is 8.10. The van der Waals surface area contributed by atoms with Crippen molar-refractivity contribution >= 4 is 30.2 Å². The average Bonchev–Trinajstić information content (AvgIpc) is 2.32. The van der Waals surface area contributed by atoms with Crippen LogP contribution in [-0.4, -0.2) is 35.4 Å². The number of hydrogen-bond donors (Lipinski definition) is 4. The largest absolute Gasteiger partial charge is 0.370 e. The Bertz CT molecular complexity index is 323. The quantitative estimate of drug-likeness (QED) is 0.435. The van der Waals surface area contributed by atoms with Gasteiger partial charge in [0.2, 0.25) is 11.8 Å². The summed E-state index contributed by atoms with van der Waals surface area (Å²) in [7, 11) is 0. The highest BCUT2D eigenvalue weighted by molar-refractivity contribution is 7.80. The van der Waals surface area contributed by atoms with Crippen LogP contribution in [0.2, 0.25) is 0 Å². The second-order valence-corrected chi connectivity index (χ2v) is 4.60. The zero-order valence-electron chi connectivity index (χ0n) is 10.7. The summed E-state index contributed by atoms with van der Waals surface area (Å²) in [5.74, 6) is -1.28. The fourth-order valence-corrected chi connectivity index (χ4v) is 1.61. The summed E-state index contributed by atoms with van der Waals surface area (Å²) < 4.78 is 0. The van der Waals surface area contributed by atoms with Crippen LogP contribution >= 0.6 is 12.6 Å². The molecule has 0 saturated heterocycles. The Hall–Kier alpha value is -1.08. The number of carbonyl (C=O) groups excluding carboxylic acids is 3. The summed E-state index contributed by atoms with van der Waals surface area (Å²) in [5.41, 5.74) is 10.4. The maximum absolute atomic E-state index is 11.9. The van der Waals surface area contributed by atoms with Gasteiger partial charge in [-0.3, -0.25) is 14.4 Å². The molecule has 6 nitrogen and oxygen atoms in total. The SMILES string of the molecule is CCC(C)C(=O)C(CS)NC(=O)C(N)CC(N)=O. The zero-order chi connectivity index (χ0) is 14.3. The van der Waals surface area contributed by atoms with Crippen LogP contribution in [0.25, 0.3) is 0 Å². The molecular formula is C11H21N3O3S. The van der Waals surface area contributed by atoms with E-state index in [9.17, 15) is 14.4 Å². The minimum Gasteiger partial charge on any atom is -0.370 e. The number of carbonyl (C=O) groups is 3. The number of thiol groups is 1. The van der Waals surface area contributed by atoms with Gasteiger partial charge in [-0.1, -0.05) is 13.8 Å². The van der Waals surface area contributed by atoms with Gasteiger partial charge in [0.15, 0.2) is 5.78 Å². The molecule has 0 aromatic rings. The lowest BCUT2D eigenvalue weighted by Gasteiger charge is -2.20. The number of hydrogen-bond acceptors (Lipinski definition) is 5. The average molecular weight is 275 g/mol. The molecule has 3 unspecified atom stereocenters. The summed E-state index contributed by atoms with van der Waals surface area (Å²) in [6, 6.07) is -1.72. The van der Waals surface area contributed by atoms with Crippen LogP contribution in [0.15, 0.2) is 0 Å². The van der Waals surface area contributed by atoms with Crippen molar-refractivity contribution in [1.29, 1.82) is 0 Å². The van der Waals surface area contributed by atoms with Gasteiger partial charge in [0.1, 0.15) is 0 Å². The lowest BCUT2D eigenvalue weighted by atomic mass is 9.98. The summed E-state index contributed by atoms with van der Waals surface area (Å²) in [4.78, 5) is 34.2. The van der Waals surface area contributed by atoms with Crippen LogP contribution in [0.5, 0.6) is 0 Å². The summed E-state index contributed by atoms with van der Waals surface area (Å²) in [6.07, 6.45) is 0.439. The molecule has 5 N–H and O–H groups in total. The Morgan fingerprint density at radius 2 is 1.89 bits per heavy atom. The lowest BCUT2D eigenvalue weighted by molar-refractivity contribution is -0.130. The third-order valence-corrected chi connectivity index (χ3v) is 3.06. The summed E-state index contributed by atoms with van der Waals surface area (Å²) in [6.45, 7) is 3.67. The number of primary amides is 1. The summed E-state index contributed by atoms with van der Waals surface area (Å²) in [5, 5.41) is 2.49. The van der Waals surface area contributed by atoms with Crippen molar-refractivity contribution in [1.82, 2.24) is 5.32 Å². The normalized spacial score (nSPS) is 15.6. The third-order valence-electron chi connectivity index (χ3n) is 2.70. The van der Waals surface area contributed by atoms with Gasteiger partial charge in [0.25, 0.3) is 0 Å². The monoisotopic (exact) mass is 275 g/mol. The first kappa shape index (κ1) is 16.9. The molecule has 0 saturated carbocycles. The first-order valence-electron chi connectivity index (χ1n) is 5.82. The van der Waals surface area contributed by atoms with E-state index in [0.29, 0.717) is 6.42 Å². The molecule has 0 fully saturated rings.